The first-order chi connectivity index (χ1) is 19.3. The first-order valence-corrected chi connectivity index (χ1v) is 13.9. The van der Waals surface area contributed by atoms with E-state index in [2.05, 4.69) is 37.4 Å². The number of carbonyl (C=O) groups excluding carboxylic acids is 1. The van der Waals surface area contributed by atoms with Crippen LogP contribution in [0, 0.1) is 0 Å². The van der Waals surface area contributed by atoms with Gasteiger partial charge in [0.15, 0.2) is 22.5 Å². The first kappa shape index (κ1) is 32.1. The number of nitrogens with one attached hydrogen (secondary N) is 1. The summed E-state index contributed by atoms with van der Waals surface area (Å²) in [7, 11) is 3.23. The summed E-state index contributed by atoms with van der Waals surface area (Å²) in [5.41, 5.74) is 14.0. The number of carbonyl (C=O) groups is 1. The number of hydrogen-bond acceptors (Lipinski definition) is 9. The normalized spacial score (nSPS) is 15.9. The van der Waals surface area contributed by atoms with Gasteiger partial charge in [0.05, 0.1) is 46.4 Å². The average Bonchev–Trinajstić information content (AvgIpc) is 2.96. The van der Waals surface area contributed by atoms with Crippen LogP contribution in [0.15, 0.2) is 36.7 Å². The Morgan fingerprint density at radius 3 is 2.07 bits per heavy atom. The molecule has 4 heterocycles. The van der Waals surface area contributed by atoms with E-state index in [1.54, 1.807) is 14.2 Å². The van der Waals surface area contributed by atoms with Crippen molar-refractivity contribution in [2.45, 2.75) is 44.6 Å². The molecule has 222 valence electrons. The molecule has 1 amide bonds. The number of aromatic nitrogens is 4. The Bertz CT molecular complexity index is 1230. The van der Waals surface area contributed by atoms with Gasteiger partial charge < -0.3 is 43.1 Å². The lowest BCUT2D eigenvalue weighted by molar-refractivity contribution is -0.933. The first-order valence-electron chi connectivity index (χ1n) is 13.5. The van der Waals surface area contributed by atoms with Crippen molar-refractivity contribution in [3.63, 3.8) is 0 Å². The number of hydrogen-bond donors (Lipinski definition) is 3. The maximum Gasteiger partial charge on any atom is 0.274 e. The predicted molar refractivity (Wildman–Crippen MR) is 154 cm³/mol. The third-order valence-corrected chi connectivity index (χ3v) is 7.74. The molecule has 0 aromatic carbocycles. The highest BCUT2D eigenvalue weighted by molar-refractivity contribution is 6.31. The highest BCUT2D eigenvalue weighted by Gasteiger charge is 2.35. The molecular formula is C28H38Cl2N8O3. The van der Waals surface area contributed by atoms with Gasteiger partial charge in [-0.25, -0.2) is 19.9 Å². The molecule has 0 radical (unpaired) electrons. The zero-order valence-corrected chi connectivity index (χ0v) is 25.0. The standard InChI is InChI=1S/C28H37ClN8O3.ClH/c1-39-22-11-9-19(16-32-22)6-3-13-37(14-4-7-20-10-12-23(40-2)33-17-20)15-5-8-21(18-37)34-28(38)24-26(30)36-27(31)25(29)35-24;/h9-12,16-17,21H,3-8,13-15,18H2,1-2H3,(H4-,30,31,34,36,38);1H/t21-;/m0./s1. The molecule has 0 spiro atoms. The van der Waals surface area contributed by atoms with Crippen LogP contribution in [0.3, 0.4) is 0 Å². The molecule has 41 heavy (non-hydrogen) atoms. The Kier molecular flexibility index (Phi) is 11.7. The van der Waals surface area contributed by atoms with Gasteiger partial charge in [-0.05, 0) is 36.8 Å². The van der Waals surface area contributed by atoms with Crippen LogP contribution in [-0.2, 0) is 12.8 Å². The number of nitrogens with two attached hydrogens (primary N) is 2. The van der Waals surface area contributed by atoms with E-state index in [1.165, 1.54) is 11.1 Å². The Morgan fingerprint density at radius 2 is 1.56 bits per heavy atom. The summed E-state index contributed by atoms with van der Waals surface area (Å²) in [6.07, 6.45) is 9.49. The Morgan fingerprint density at radius 1 is 0.976 bits per heavy atom. The topological polar surface area (TPSA) is 151 Å². The fourth-order valence-electron chi connectivity index (χ4n) is 5.42. The van der Waals surface area contributed by atoms with Gasteiger partial charge in [0.2, 0.25) is 11.8 Å². The summed E-state index contributed by atoms with van der Waals surface area (Å²) >= 11 is 6.01. The number of pyridine rings is 2. The highest BCUT2D eigenvalue weighted by Crippen LogP contribution is 2.24. The van der Waals surface area contributed by atoms with E-state index < -0.39 is 0 Å². The lowest BCUT2D eigenvalue weighted by atomic mass is 9.99. The second-order valence-electron chi connectivity index (χ2n) is 10.3. The molecule has 1 atom stereocenters. The van der Waals surface area contributed by atoms with Crippen molar-refractivity contribution in [3.05, 3.63) is 58.6 Å². The van der Waals surface area contributed by atoms with Crippen LogP contribution in [-0.4, -0.2) is 76.8 Å². The molecule has 0 unspecified atom stereocenters. The van der Waals surface area contributed by atoms with Gasteiger partial charge in [0, 0.05) is 37.4 Å². The lowest BCUT2D eigenvalue weighted by Gasteiger charge is -2.45. The molecule has 13 heteroatoms. The van der Waals surface area contributed by atoms with Gasteiger partial charge in [-0.2, -0.15) is 0 Å². The monoisotopic (exact) mass is 604 g/mol. The summed E-state index contributed by atoms with van der Waals surface area (Å²) < 4.78 is 11.3. The summed E-state index contributed by atoms with van der Waals surface area (Å²) in [6.45, 7) is 3.87. The SMILES string of the molecule is COc1ccc(CCC[N+]2(CCCc3ccc(OC)nc3)CCC[C@H](NC(=O)c3nc(Cl)c(N)nc3N)C2)cn1.[Cl-]. The summed E-state index contributed by atoms with van der Waals surface area (Å²) in [4.78, 5) is 29.8. The molecule has 0 saturated carbocycles. The van der Waals surface area contributed by atoms with E-state index in [-0.39, 0.29) is 46.8 Å². The number of quaternary nitrogens is 1. The fraction of sp³-hybridized carbons (Fsp3) is 0.464. The van der Waals surface area contributed by atoms with Crippen molar-refractivity contribution < 1.29 is 31.2 Å². The van der Waals surface area contributed by atoms with Crippen molar-refractivity contribution in [2.75, 3.05) is 51.9 Å². The number of anilines is 2. The van der Waals surface area contributed by atoms with Crippen LogP contribution in [0.4, 0.5) is 11.6 Å². The molecule has 1 aliphatic heterocycles. The molecule has 0 bridgehead atoms. The number of nitrogens with zero attached hydrogens (tertiary/aromatic N) is 5. The molecule has 0 aliphatic carbocycles. The maximum absolute atomic E-state index is 13.1. The molecule has 3 aromatic rings. The van der Waals surface area contributed by atoms with E-state index in [0.717, 1.165) is 69.2 Å². The molecule has 1 aliphatic rings. The number of aryl methyl sites for hydroxylation is 2. The van der Waals surface area contributed by atoms with Crippen LogP contribution in [0.25, 0.3) is 0 Å². The van der Waals surface area contributed by atoms with Crippen molar-refractivity contribution >= 4 is 29.1 Å². The number of piperidine rings is 1. The second-order valence-corrected chi connectivity index (χ2v) is 10.6. The maximum atomic E-state index is 13.1. The molecule has 4 rings (SSSR count). The minimum Gasteiger partial charge on any atom is -1.00 e. The van der Waals surface area contributed by atoms with E-state index in [0.29, 0.717) is 11.8 Å². The Hall–Kier alpha value is -3.41. The number of amides is 1. The predicted octanol–water partition coefficient (Wildman–Crippen LogP) is 0.0802. The van der Waals surface area contributed by atoms with Gasteiger partial charge in [-0.15, -0.1) is 0 Å². The smallest absolute Gasteiger partial charge is 0.274 e. The number of rotatable bonds is 12. The van der Waals surface area contributed by atoms with Crippen molar-refractivity contribution in [1.82, 2.24) is 25.3 Å². The summed E-state index contributed by atoms with van der Waals surface area (Å²) in [5, 5.41) is 3.10. The van der Waals surface area contributed by atoms with Crippen LogP contribution < -0.4 is 38.7 Å². The van der Waals surface area contributed by atoms with Gasteiger partial charge in [-0.3, -0.25) is 4.79 Å². The van der Waals surface area contributed by atoms with Gasteiger partial charge in [0.1, 0.15) is 0 Å². The lowest BCUT2D eigenvalue weighted by Crippen LogP contribution is -3.00. The number of methoxy groups -OCH3 is 2. The Labute approximate surface area is 252 Å². The zero-order valence-electron chi connectivity index (χ0n) is 23.5. The van der Waals surface area contributed by atoms with E-state index in [4.69, 9.17) is 32.5 Å². The zero-order chi connectivity index (χ0) is 28.5. The number of nitrogen functional groups attached to an aromatic ring is 2. The number of halogens is 2. The minimum atomic E-state index is -0.384. The van der Waals surface area contributed by atoms with Gasteiger partial charge in [0.25, 0.3) is 5.91 Å². The van der Waals surface area contributed by atoms with Crippen LogP contribution in [0.2, 0.25) is 5.15 Å². The number of ether oxygens (including phenoxy) is 2. The molecule has 5 N–H and O–H groups in total. The largest absolute Gasteiger partial charge is 1.00 e. The van der Waals surface area contributed by atoms with Crippen molar-refractivity contribution in [3.8, 4) is 11.8 Å². The fourth-order valence-corrected chi connectivity index (χ4v) is 5.54. The average molecular weight is 606 g/mol. The highest BCUT2D eigenvalue weighted by atomic mass is 35.5. The van der Waals surface area contributed by atoms with Crippen molar-refractivity contribution in [2.24, 2.45) is 0 Å². The third kappa shape index (κ3) is 8.79. The second kappa shape index (κ2) is 15.0. The summed E-state index contributed by atoms with van der Waals surface area (Å²) in [6, 6.07) is 7.90. The van der Waals surface area contributed by atoms with E-state index >= 15 is 0 Å². The molecule has 11 nitrogen and oxygen atoms in total. The van der Waals surface area contributed by atoms with Crippen LogP contribution in [0.1, 0.15) is 47.3 Å². The quantitative estimate of drug-likeness (QED) is 0.244. The van der Waals surface area contributed by atoms with Crippen LogP contribution >= 0.6 is 11.6 Å². The van der Waals surface area contributed by atoms with E-state index in [9.17, 15) is 4.79 Å². The molecule has 1 fully saturated rings. The van der Waals surface area contributed by atoms with Crippen molar-refractivity contribution in [1.29, 1.82) is 0 Å². The molecular weight excluding hydrogens is 567 g/mol. The van der Waals surface area contributed by atoms with Gasteiger partial charge in [-0.1, -0.05) is 23.7 Å². The molecule has 3 aromatic heterocycles. The molecule has 1 saturated heterocycles. The van der Waals surface area contributed by atoms with Crippen LogP contribution in [0.5, 0.6) is 11.8 Å². The summed E-state index contributed by atoms with van der Waals surface area (Å²) in [5.74, 6) is 0.816. The number of likely N-dealkylation sites (tertiary alicyclic amines) is 1. The van der Waals surface area contributed by atoms with E-state index in [1.807, 2.05) is 24.5 Å². The third-order valence-electron chi connectivity index (χ3n) is 7.46. The van der Waals surface area contributed by atoms with Gasteiger partial charge >= 0.3 is 0 Å². The Balaban J connectivity index is 0.00000462. The minimum absolute atomic E-state index is 0.